The maximum Gasteiger partial charge on any atom is 0.230 e. The van der Waals surface area contributed by atoms with Crippen molar-refractivity contribution in [2.45, 2.75) is 56.5 Å². The normalized spacial score (nSPS) is 22.5. The number of rotatable bonds is 3. The van der Waals surface area contributed by atoms with Gasteiger partial charge in [0.15, 0.2) is 0 Å². The number of amides is 2. The fourth-order valence-electron chi connectivity index (χ4n) is 3.99. The molecule has 0 radical (unpaired) electrons. The van der Waals surface area contributed by atoms with Crippen molar-refractivity contribution in [2.75, 3.05) is 18.9 Å². The van der Waals surface area contributed by atoms with Crippen LogP contribution in [0.3, 0.4) is 0 Å². The van der Waals surface area contributed by atoms with Crippen molar-refractivity contribution in [3.8, 4) is 0 Å². The van der Waals surface area contributed by atoms with Crippen LogP contribution in [0.1, 0.15) is 56.4 Å². The number of carbonyl (C=O) groups is 2. The van der Waals surface area contributed by atoms with Gasteiger partial charge in [-0.15, -0.1) is 0 Å². The Morgan fingerprint density at radius 2 is 2.00 bits per heavy atom. The van der Waals surface area contributed by atoms with E-state index in [-0.39, 0.29) is 24.8 Å². The molecule has 1 aromatic carbocycles. The number of fused-ring (bicyclic) bond motifs is 1. The zero-order valence-electron chi connectivity index (χ0n) is 14.6. The molecule has 2 N–H and O–H groups in total. The molecule has 1 saturated carbocycles. The number of halogens is 1. The molecule has 1 atom stereocenters. The lowest BCUT2D eigenvalue weighted by molar-refractivity contribution is -0.137. The number of aliphatic hydroxyl groups is 1. The largest absolute Gasteiger partial charge is 0.388 e. The monoisotopic (exact) mass is 348 g/mol. The predicted molar refractivity (Wildman–Crippen MR) is 92.7 cm³/mol. The standard InChI is InChI=1S/C19H25FN2O3/c1-22(12-19(25)8-4-2-3-5-9-19)18(24)15-11-17(23)21-16-10-13(20)6-7-14(15)16/h6-7,10,15,25H,2-5,8-9,11-12H2,1H3,(H,21,23). The molecule has 2 amide bonds. The molecule has 136 valence electrons. The first-order valence-corrected chi connectivity index (χ1v) is 8.95. The first-order valence-electron chi connectivity index (χ1n) is 8.95. The molecule has 0 saturated heterocycles. The fraction of sp³-hybridized carbons (Fsp3) is 0.579. The molecule has 6 heteroatoms. The first-order chi connectivity index (χ1) is 11.9. The summed E-state index contributed by atoms with van der Waals surface area (Å²) in [6.07, 6.45) is 5.58. The Kier molecular flexibility index (Phi) is 5.08. The quantitative estimate of drug-likeness (QED) is 0.825. The van der Waals surface area contributed by atoms with Gasteiger partial charge in [0.1, 0.15) is 5.82 Å². The molecule has 3 rings (SSSR count). The second kappa shape index (κ2) is 7.12. The van der Waals surface area contributed by atoms with Crippen LogP contribution in [-0.4, -0.2) is 41.0 Å². The van der Waals surface area contributed by atoms with Crippen molar-refractivity contribution in [3.63, 3.8) is 0 Å². The maximum atomic E-state index is 13.4. The molecule has 25 heavy (non-hydrogen) atoms. The van der Waals surface area contributed by atoms with Crippen LogP contribution in [0.5, 0.6) is 0 Å². The van der Waals surface area contributed by atoms with Gasteiger partial charge in [-0.25, -0.2) is 4.39 Å². The molecule has 2 aliphatic rings. The van der Waals surface area contributed by atoms with Crippen molar-refractivity contribution in [1.29, 1.82) is 0 Å². The molecular formula is C19H25FN2O3. The van der Waals surface area contributed by atoms with E-state index in [1.807, 2.05) is 0 Å². The number of benzene rings is 1. The highest BCUT2D eigenvalue weighted by molar-refractivity contribution is 6.01. The zero-order chi connectivity index (χ0) is 18.0. The minimum Gasteiger partial charge on any atom is -0.388 e. The van der Waals surface area contributed by atoms with Gasteiger partial charge in [-0.2, -0.15) is 0 Å². The summed E-state index contributed by atoms with van der Waals surface area (Å²) in [6.45, 7) is 0.264. The topological polar surface area (TPSA) is 69.6 Å². The van der Waals surface area contributed by atoms with Crippen LogP contribution in [0.15, 0.2) is 18.2 Å². The molecule has 1 aliphatic carbocycles. The van der Waals surface area contributed by atoms with E-state index >= 15 is 0 Å². The highest BCUT2D eigenvalue weighted by Gasteiger charge is 2.36. The van der Waals surface area contributed by atoms with Gasteiger partial charge in [0.2, 0.25) is 11.8 Å². The van der Waals surface area contributed by atoms with Crippen LogP contribution >= 0.6 is 0 Å². The van der Waals surface area contributed by atoms with Crippen molar-refractivity contribution in [1.82, 2.24) is 4.90 Å². The summed E-state index contributed by atoms with van der Waals surface area (Å²) in [6, 6.07) is 4.10. The Bertz CT molecular complexity index is 669. The van der Waals surface area contributed by atoms with E-state index in [0.717, 1.165) is 25.7 Å². The van der Waals surface area contributed by atoms with Crippen molar-refractivity contribution < 1.29 is 19.1 Å². The van der Waals surface area contributed by atoms with Gasteiger partial charge in [0.25, 0.3) is 0 Å². The third-order valence-corrected chi connectivity index (χ3v) is 5.29. The van der Waals surface area contributed by atoms with E-state index < -0.39 is 17.3 Å². The lowest BCUT2D eigenvalue weighted by atomic mass is 9.88. The SMILES string of the molecule is CN(CC1(O)CCCCCC1)C(=O)C1CC(=O)Nc2cc(F)ccc21. The Labute approximate surface area is 147 Å². The summed E-state index contributed by atoms with van der Waals surface area (Å²) in [5.41, 5.74) is 0.130. The fourth-order valence-corrected chi connectivity index (χ4v) is 3.99. The predicted octanol–water partition coefficient (Wildman–Crippen LogP) is 2.80. The van der Waals surface area contributed by atoms with E-state index in [9.17, 15) is 19.1 Å². The second-order valence-electron chi connectivity index (χ2n) is 7.37. The highest BCUT2D eigenvalue weighted by Crippen LogP contribution is 2.35. The summed E-state index contributed by atoms with van der Waals surface area (Å²) in [5.74, 6) is -1.59. The summed E-state index contributed by atoms with van der Waals surface area (Å²) in [4.78, 5) is 26.4. The minimum atomic E-state index is -0.858. The molecule has 0 aromatic heterocycles. The molecule has 1 unspecified atom stereocenters. The van der Waals surface area contributed by atoms with Gasteiger partial charge in [-0.05, 0) is 30.5 Å². The number of hydrogen-bond donors (Lipinski definition) is 2. The molecule has 0 spiro atoms. The van der Waals surface area contributed by atoms with Crippen LogP contribution in [0, 0.1) is 5.82 Å². The molecule has 5 nitrogen and oxygen atoms in total. The molecule has 1 aliphatic heterocycles. The van der Waals surface area contributed by atoms with Crippen LogP contribution < -0.4 is 5.32 Å². The van der Waals surface area contributed by atoms with Gasteiger partial charge in [-0.3, -0.25) is 9.59 Å². The van der Waals surface area contributed by atoms with Gasteiger partial charge >= 0.3 is 0 Å². The van der Waals surface area contributed by atoms with E-state index in [1.54, 1.807) is 13.1 Å². The van der Waals surface area contributed by atoms with E-state index in [2.05, 4.69) is 5.32 Å². The summed E-state index contributed by atoms with van der Waals surface area (Å²) in [5, 5.41) is 13.5. The Morgan fingerprint density at radius 3 is 2.68 bits per heavy atom. The number of nitrogens with zero attached hydrogens (tertiary/aromatic N) is 1. The smallest absolute Gasteiger partial charge is 0.230 e. The summed E-state index contributed by atoms with van der Waals surface area (Å²) < 4.78 is 13.4. The first kappa shape index (κ1) is 17.9. The van der Waals surface area contributed by atoms with Crippen LogP contribution in [0.2, 0.25) is 0 Å². The molecule has 0 bridgehead atoms. The summed E-state index contributed by atoms with van der Waals surface area (Å²) >= 11 is 0. The zero-order valence-corrected chi connectivity index (χ0v) is 14.6. The van der Waals surface area contributed by atoms with Gasteiger partial charge in [0, 0.05) is 25.7 Å². The van der Waals surface area contributed by atoms with Gasteiger partial charge in [-0.1, -0.05) is 31.7 Å². The maximum absolute atomic E-state index is 13.4. The number of hydrogen-bond acceptors (Lipinski definition) is 3. The van der Waals surface area contributed by atoms with Crippen LogP contribution in [-0.2, 0) is 9.59 Å². The Hall–Kier alpha value is -1.95. The third-order valence-electron chi connectivity index (χ3n) is 5.29. The van der Waals surface area contributed by atoms with E-state index in [1.165, 1.54) is 17.0 Å². The van der Waals surface area contributed by atoms with Gasteiger partial charge < -0.3 is 15.3 Å². The third kappa shape index (κ3) is 4.00. The van der Waals surface area contributed by atoms with E-state index in [4.69, 9.17) is 0 Å². The molecule has 1 heterocycles. The second-order valence-corrected chi connectivity index (χ2v) is 7.37. The van der Waals surface area contributed by atoms with Crippen molar-refractivity contribution in [2.24, 2.45) is 0 Å². The Morgan fingerprint density at radius 1 is 1.32 bits per heavy atom. The van der Waals surface area contributed by atoms with Crippen LogP contribution in [0.25, 0.3) is 0 Å². The average molecular weight is 348 g/mol. The lowest BCUT2D eigenvalue weighted by Crippen LogP contribution is -2.46. The highest BCUT2D eigenvalue weighted by atomic mass is 19.1. The van der Waals surface area contributed by atoms with Crippen molar-refractivity contribution >= 4 is 17.5 Å². The number of nitrogens with one attached hydrogen (secondary N) is 1. The van der Waals surface area contributed by atoms with Gasteiger partial charge in [0.05, 0.1) is 11.5 Å². The number of anilines is 1. The molecular weight excluding hydrogens is 323 g/mol. The average Bonchev–Trinajstić information content (AvgIpc) is 2.77. The van der Waals surface area contributed by atoms with Crippen LogP contribution in [0.4, 0.5) is 10.1 Å². The van der Waals surface area contributed by atoms with E-state index in [0.29, 0.717) is 24.1 Å². The molecule has 1 aromatic rings. The number of likely N-dealkylation sites (N-methyl/N-ethyl adjacent to an activating group) is 1. The van der Waals surface area contributed by atoms with Crippen molar-refractivity contribution in [3.05, 3.63) is 29.6 Å². The minimum absolute atomic E-state index is 0.0419. The summed E-state index contributed by atoms with van der Waals surface area (Å²) in [7, 11) is 1.67. The molecule has 1 fully saturated rings. The Balaban J connectivity index is 1.77. The lowest BCUT2D eigenvalue weighted by Gasteiger charge is -2.34. The number of carbonyl (C=O) groups excluding carboxylic acids is 2.